The predicted molar refractivity (Wildman–Crippen MR) is 86.4 cm³/mol. The number of benzene rings is 2. The second-order valence-electron chi connectivity index (χ2n) is 4.91. The van der Waals surface area contributed by atoms with E-state index >= 15 is 0 Å². The molecular formula is C18H13FN2O4. The molecule has 0 bridgehead atoms. The lowest BCUT2D eigenvalue weighted by Gasteiger charge is -2.07. The van der Waals surface area contributed by atoms with Crippen molar-refractivity contribution in [1.29, 1.82) is 0 Å². The number of carbonyl (C=O) groups excluding carboxylic acids is 1. The minimum atomic E-state index is -0.805. The Kier molecular flexibility index (Phi) is 4.96. The highest BCUT2D eigenvalue weighted by molar-refractivity contribution is 5.85. The van der Waals surface area contributed by atoms with Crippen LogP contribution in [0.15, 0.2) is 60.8 Å². The third-order valence-corrected chi connectivity index (χ3v) is 3.23. The Hall–Kier alpha value is -3.32. The van der Waals surface area contributed by atoms with Crippen molar-refractivity contribution in [2.24, 2.45) is 0 Å². The molecule has 0 aliphatic heterocycles. The zero-order chi connectivity index (χ0) is 17.6. The lowest BCUT2D eigenvalue weighted by atomic mass is 10.1. The summed E-state index contributed by atoms with van der Waals surface area (Å²) >= 11 is 0. The van der Waals surface area contributed by atoms with Gasteiger partial charge in [-0.3, -0.25) is 0 Å². The normalized spacial score (nSPS) is 10.3. The highest BCUT2D eigenvalue weighted by atomic mass is 19.1. The van der Waals surface area contributed by atoms with Gasteiger partial charge in [0.1, 0.15) is 17.3 Å². The first-order valence-corrected chi connectivity index (χ1v) is 7.30. The highest BCUT2D eigenvalue weighted by Gasteiger charge is 2.11. The van der Waals surface area contributed by atoms with Crippen LogP contribution in [0.4, 0.5) is 4.39 Å². The van der Waals surface area contributed by atoms with E-state index in [0.29, 0.717) is 17.2 Å². The van der Waals surface area contributed by atoms with E-state index < -0.39 is 12.8 Å². The van der Waals surface area contributed by atoms with Crippen LogP contribution in [0.1, 0.15) is 10.6 Å². The zero-order valence-corrected chi connectivity index (χ0v) is 12.9. The summed E-state index contributed by atoms with van der Waals surface area (Å²) < 4.78 is 23.0. The SMILES string of the molecule is O=C(OCO)c1nccc(-c2ccc(Oc3ccc(F)cc3)cc2)n1. The van der Waals surface area contributed by atoms with E-state index in [4.69, 9.17) is 9.84 Å². The van der Waals surface area contributed by atoms with Crippen LogP contribution < -0.4 is 4.74 Å². The van der Waals surface area contributed by atoms with E-state index in [9.17, 15) is 9.18 Å². The maximum atomic E-state index is 12.9. The number of aromatic nitrogens is 2. The van der Waals surface area contributed by atoms with Gasteiger partial charge in [0.25, 0.3) is 0 Å². The van der Waals surface area contributed by atoms with Crippen LogP contribution in [0.2, 0.25) is 0 Å². The van der Waals surface area contributed by atoms with Crippen molar-refractivity contribution in [3.8, 4) is 22.8 Å². The van der Waals surface area contributed by atoms with Crippen LogP contribution in [-0.2, 0) is 4.74 Å². The Morgan fingerprint density at radius 3 is 2.28 bits per heavy atom. The van der Waals surface area contributed by atoms with Gasteiger partial charge >= 0.3 is 5.97 Å². The third kappa shape index (κ3) is 4.15. The summed E-state index contributed by atoms with van der Waals surface area (Å²) in [6, 6.07) is 14.3. The Balaban J connectivity index is 1.77. The maximum absolute atomic E-state index is 12.9. The molecule has 7 heteroatoms. The Labute approximate surface area is 142 Å². The summed E-state index contributed by atoms with van der Waals surface area (Å²) in [4.78, 5) is 19.5. The van der Waals surface area contributed by atoms with E-state index in [1.807, 2.05) is 0 Å². The fourth-order valence-corrected chi connectivity index (χ4v) is 2.07. The monoisotopic (exact) mass is 340 g/mol. The first-order chi connectivity index (χ1) is 12.2. The number of nitrogens with zero attached hydrogens (tertiary/aromatic N) is 2. The van der Waals surface area contributed by atoms with Crippen LogP contribution in [-0.4, -0.2) is 27.8 Å². The fraction of sp³-hybridized carbons (Fsp3) is 0.0556. The number of rotatable bonds is 5. The molecule has 0 saturated heterocycles. The second kappa shape index (κ2) is 7.50. The number of esters is 1. The average molecular weight is 340 g/mol. The van der Waals surface area contributed by atoms with Crippen molar-refractivity contribution in [1.82, 2.24) is 9.97 Å². The number of aliphatic hydroxyl groups excluding tert-OH is 1. The molecule has 2 aromatic carbocycles. The summed E-state index contributed by atoms with van der Waals surface area (Å²) in [5.41, 5.74) is 1.26. The molecule has 0 radical (unpaired) electrons. The molecule has 1 aromatic heterocycles. The fourth-order valence-electron chi connectivity index (χ4n) is 2.07. The lowest BCUT2D eigenvalue weighted by Crippen LogP contribution is -2.10. The molecule has 1 heterocycles. The van der Waals surface area contributed by atoms with Gasteiger partial charge in [-0.1, -0.05) is 0 Å². The van der Waals surface area contributed by atoms with Crippen molar-refractivity contribution in [3.63, 3.8) is 0 Å². The first kappa shape index (κ1) is 16.5. The number of carbonyl (C=O) groups is 1. The van der Waals surface area contributed by atoms with E-state index in [-0.39, 0.29) is 11.6 Å². The summed E-state index contributed by atoms with van der Waals surface area (Å²) in [5.74, 6) is -0.185. The van der Waals surface area contributed by atoms with E-state index in [1.165, 1.54) is 30.5 Å². The number of aliphatic hydroxyl groups is 1. The predicted octanol–water partition coefficient (Wildman–Crippen LogP) is 3.18. The Morgan fingerprint density at radius 2 is 1.64 bits per heavy atom. The van der Waals surface area contributed by atoms with Gasteiger partial charge in [0.2, 0.25) is 5.82 Å². The summed E-state index contributed by atoms with van der Waals surface area (Å²) in [6.07, 6.45) is 1.43. The van der Waals surface area contributed by atoms with Gasteiger partial charge in [-0.2, -0.15) is 0 Å². The molecule has 6 nitrogen and oxygen atoms in total. The molecule has 0 saturated carbocycles. The molecular weight excluding hydrogens is 327 g/mol. The molecule has 3 rings (SSSR count). The number of halogens is 1. The van der Waals surface area contributed by atoms with Gasteiger partial charge in [-0.15, -0.1) is 0 Å². The van der Waals surface area contributed by atoms with Crippen molar-refractivity contribution in [3.05, 3.63) is 72.4 Å². The minimum Gasteiger partial charge on any atom is -0.457 e. The van der Waals surface area contributed by atoms with Gasteiger partial charge < -0.3 is 14.6 Å². The molecule has 0 aliphatic rings. The van der Waals surface area contributed by atoms with Gasteiger partial charge in [-0.05, 0) is 54.6 Å². The maximum Gasteiger partial charge on any atom is 0.378 e. The molecule has 0 aliphatic carbocycles. The third-order valence-electron chi connectivity index (χ3n) is 3.23. The molecule has 0 fully saturated rings. The van der Waals surface area contributed by atoms with Crippen LogP contribution in [0.5, 0.6) is 11.5 Å². The van der Waals surface area contributed by atoms with Gasteiger partial charge in [0, 0.05) is 11.8 Å². The quantitative estimate of drug-likeness (QED) is 0.567. The molecule has 25 heavy (non-hydrogen) atoms. The molecule has 0 unspecified atom stereocenters. The van der Waals surface area contributed by atoms with E-state index in [0.717, 1.165) is 5.56 Å². The summed E-state index contributed by atoms with van der Waals surface area (Å²) in [5, 5.41) is 8.62. The molecule has 3 aromatic rings. The smallest absolute Gasteiger partial charge is 0.378 e. The zero-order valence-electron chi connectivity index (χ0n) is 12.9. The van der Waals surface area contributed by atoms with Gasteiger partial charge in [0.15, 0.2) is 6.79 Å². The highest BCUT2D eigenvalue weighted by Crippen LogP contribution is 2.25. The number of ether oxygens (including phenoxy) is 2. The summed E-state index contributed by atoms with van der Waals surface area (Å²) in [7, 11) is 0. The Morgan fingerprint density at radius 1 is 1.00 bits per heavy atom. The first-order valence-electron chi connectivity index (χ1n) is 7.30. The molecule has 0 spiro atoms. The molecule has 0 atom stereocenters. The van der Waals surface area contributed by atoms with Crippen LogP contribution in [0, 0.1) is 5.82 Å². The number of hydrogen-bond acceptors (Lipinski definition) is 6. The van der Waals surface area contributed by atoms with Gasteiger partial charge in [-0.25, -0.2) is 19.2 Å². The van der Waals surface area contributed by atoms with Crippen LogP contribution >= 0.6 is 0 Å². The van der Waals surface area contributed by atoms with Crippen molar-refractivity contribution in [2.45, 2.75) is 0 Å². The molecule has 1 N–H and O–H groups in total. The Bertz CT molecular complexity index is 867. The largest absolute Gasteiger partial charge is 0.457 e. The van der Waals surface area contributed by atoms with Crippen molar-refractivity contribution < 1.29 is 23.8 Å². The van der Waals surface area contributed by atoms with Crippen molar-refractivity contribution >= 4 is 5.97 Å². The topological polar surface area (TPSA) is 81.5 Å². The molecule has 126 valence electrons. The summed E-state index contributed by atoms with van der Waals surface area (Å²) in [6.45, 7) is -0.734. The lowest BCUT2D eigenvalue weighted by molar-refractivity contribution is 0.00559. The molecule has 0 amide bonds. The standard InChI is InChI=1S/C18H13FN2O4/c19-13-3-7-15(8-4-13)25-14-5-1-12(2-6-14)16-9-10-20-17(21-16)18(23)24-11-22/h1-10,22H,11H2. The van der Waals surface area contributed by atoms with E-state index in [1.54, 1.807) is 30.3 Å². The second-order valence-corrected chi connectivity index (χ2v) is 4.91. The van der Waals surface area contributed by atoms with Gasteiger partial charge in [0.05, 0.1) is 5.69 Å². The van der Waals surface area contributed by atoms with E-state index in [2.05, 4.69) is 14.7 Å². The van der Waals surface area contributed by atoms with Crippen LogP contribution in [0.25, 0.3) is 11.3 Å². The minimum absolute atomic E-state index is 0.141. The van der Waals surface area contributed by atoms with Crippen molar-refractivity contribution in [2.75, 3.05) is 6.79 Å². The van der Waals surface area contributed by atoms with Crippen LogP contribution in [0.3, 0.4) is 0 Å². The average Bonchev–Trinajstić information content (AvgIpc) is 2.65. The number of hydrogen-bond donors (Lipinski definition) is 1.